The fraction of sp³-hybridized carbons (Fsp3) is 0.111. The number of nitro groups is 1. The van der Waals surface area contributed by atoms with Crippen molar-refractivity contribution < 1.29 is 27.7 Å². The van der Waals surface area contributed by atoms with Crippen LogP contribution in [0.4, 0.5) is 18.9 Å². The van der Waals surface area contributed by atoms with Gasteiger partial charge in [-0.05, 0) is 12.1 Å². The smallest absolute Gasteiger partial charge is 0.380 e. The maximum absolute atomic E-state index is 11.8. The van der Waals surface area contributed by atoms with Crippen molar-refractivity contribution in [2.75, 3.05) is 0 Å². The van der Waals surface area contributed by atoms with Gasteiger partial charge in [-0.2, -0.15) is 13.2 Å². The molecule has 2 N–H and O–H groups in total. The van der Waals surface area contributed by atoms with Crippen molar-refractivity contribution in [2.45, 2.75) is 6.18 Å². The zero-order valence-electron chi connectivity index (χ0n) is 9.05. The van der Waals surface area contributed by atoms with Gasteiger partial charge in [0.2, 0.25) is 0 Å². The molecule has 0 radical (unpaired) electrons. The molecule has 0 fully saturated rings. The number of oxime groups is 1. The van der Waals surface area contributed by atoms with Gasteiger partial charge in [0.1, 0.15) is 0 Å². The highest BCUT2D eigenvalue weighted by Crippen LogP contribution is 2.17. The van der Waals surface area contributed by atoms with E-state index in [2.05, 4.69) is 9.99 Å². The number of rotatable bonds is 3. The van der Waals surface area contributed by atoms with E-state index < -0.39 is 22.9 Å². The van der Waals surface area contributed by atoms with Crippen LogP contribution < -0.4 is 5.73 Å². The van der Waals surface area contributed by atoms with Gasteiger partial charge >= 0.3 is 12.1 Å². The molecular formula is C9H6F3N3O4. The maximum Gasteiger partial charge on any atom is 0.493 e. The monoisotopic (exact) mass is 277 g/mol. The van der Waals surface area contributed by atoms with Crippen LogP contribution >= 0.6 is 0 Å². The van der Waals surface area contributed by atoms with Gasteiger partial charge in [0.15, 0.2) is 5.84 Å². The fourth-order valence-electron chi connectivity index (χ4n) is 0.949. The standard InChI is InChI=1S/C9H6F3N3O4/c10-9(11,12)8(16)19-14-7(13)5-1-3-6(4-2-5)15(17)18/h1-4H,(H2,13,14). The number of halogens is 3. The second kappa shape index (κ2) is 5.33. The van der Waals surface area contributed by atoms with Gasteiger partial charge in [-0.3, -0.25) is 10.1 Å². The molecule has 0 saturated heterocycles. The van der Waals surface area contributed by atoms with Crippen molar-refractivity contribution in [3.05, 3.63) is 39.9 Å². The lowest BCUT2D eigenvalue weighted by molar-refractivity contribution is -0.384. The summed E-state index contributed by atoms with van der Waals surface area (Å²) in [4.78, 5) is 23.6. The molecule has 10 heteroatoms. The number of nitrogens with two attached hydrogens (primary N) is 1. The predicted molar refractivity (Wildman–Crippen MR) is 56.0 cm³/mol. The number of carbonyl (C=O) groups is 1. The summed E-state index contributed by atoms with van der Waals surface area (Å²) in [5.74, 6) is -3.04. The van der Waals surface area contributed by atoms with Crippen LogP contribution in [0.5, 0.6) is 0 Å². The molecule has 0 aliphatic heterocycles. The van der Waals surface area contributed by atoms with E-state index >= 15 is 0 Å². The molecule has 1 rings (SSSR count). The van der Waals surface area contributed by atoms with Gasteiger partial charge in [0.05, 0.1) is 4.92 Å². The topological polar surface area (TPSA) is 108 Å². The summed E-state index contributed by atoms with van der Waals surface area (Å²) < 4.78 is 35.4. The molecule has 0 aliphatic carbocycles. The van der Waals surface area contributed by atoms with E-state index in [1.165, 1.54) is 0 Å². The van der Waals surface area contributed by atoms with Crippen LogP contribution in [0.25, 0.3) is 0 Å². The first-order valence-electron chi connectivity index (χ1n) is 4.58. The molecule has 0 aromatic heterocycles. The molecule has 7 nitrogen and oxygen atoms in total. The van der Waals surface area contributed by atoms with Crippen LogP contribution in [-0.2, 0) is 9.63 Å². The first-order valence-corrected chi connectivity index (χ1v) is 4.58. The number of nitro benzene ring substituents is 1. The number of alkyl halides is 3. The molecule has 0 saturated carbocycles. The third-order valence-corrected chi connectivity index (χ3v) is 1.83. The Labute approximate surface area is 103 Å². The molecule has 1 aromatic carbocycles. The summed E-state index contributed by atoms with van der Waals surface area (Å²) >= 11 is 0. The second-order valence-electron chi connectivity index (χ2n) is 3.16. The number of hydrogen-bond acceptors (Lipinski definition) is 5. The lowest BCUT2D eigenvalue weighted by Crippen LogP contribution is -2.25. The second-order valence-corrected chi connectivity index (χ2v) is 3.16. The highest BCUT2D eigenvalue weighted by molar-refractivity contribution is 5.97. The SMILES string of the molecule is N/C(=N\OC(=O)C(F)(F)F)c1ccc([N+](=O)[O-])cc1. The van der Waals surface area contributed by atoms with Crippen LogP contribution in [0.15, 0.2) is 29.4 Å². The number of hydrogen-bond donors (Lipinski definition) is 1. The fourth-order valence-corrected chi connectivity index (χ4v) is 0.949. The van der Waals surface area contributed by atoms with Crippen molar-refractivity contribution in [3.8, 4) is 0 Å². The molecule has 0 atom stereocenters. The number of nitrogens with zero attached hydrogens (tertiary/aromatic N) is 2. The van der Waals surface area contributed by atoms with Gasteiger partial charge in [-0.15, -0.1) is 0 Å². The number of benzene rings is 1. The minimum atomic E-state index is -5.18. The van der Waals surface area contributed by atoms with Crippen molar-refractivity contribution in [3.63, 3.8) is 0 Å². The first-order chi connectivity index (χ1) is 8.71. The lowest BCUT2D eigenvalue weighted by atomic mass is 10.2. The Morgan fingerprint density at radius 1 is 1.32 bits per heavy atom. The van der Waals surface area contributed by atoms with E-state index in [0.29, 0.717) is 0 Å². The van der Waals surface area contributed by atoms with Crippen LogP contribution in [0.1, 0.15) is 5.56 Å². The van der Waals surface area contributed by atoms with Crippen molar-refractivity contribution in [1.82, 2.24) is 0 Å². The van der Waals surface area contributed by atoms with Gasteiger partial charge in [0.25, 0.3) is 5.69 Å². The predicted octanol–water partition coefficient (Wildman–Crippen LogP) is 1.32. The van der Waals surface area contributed by atoms with E-state index in [-0.39, 0.29) is 11.3 Å². The van der Waals surface area contributed by atoms with Crippen molar-refractivity contribution in [2.24, 2.45) is 10.9 Å². The van der Waals surface area contributed by atoms with E-state index in [1.54, 1.807) is 0 Å². The highest BCUT2D eigenvalue weighted by atomic mass is 19.4. The van der Waals surface area contributed by atoms with Gasteiger partial charge in [-0.1, -0.05) is 5.16 Å². The van der Waals surface area contributed by atoms with Crippen molar-refractivity contribution >= 4 is 17.5 Å². The van der Waals surface area contributed by atoms with E-state index in [1.807, 2.05) is 0 Å². The molecule has 102 valence electrons. The Kier molecular flexibility index (Phi) is 4.04. The number of carbonyl (C=O) groups excluding carboxylic acids is 1. The minimum Gasteiger partial charge on any atom is -0.380 e. The molecule has 0 aliphatic rings. The number of amidine groups is 1. The minimum absolute atomic E-state index is 0.0700. The first kappa shape index (κ1) is 14.4. The Bertz CT molecular complexity index is 525. The van der Waals surface area contributed by atoms with E-state index in [0.717, 1.165) is 24.3 Å². The van der Waals surface area contributed by atoms with Crippen LogP contribution in [-0.4, -0.2) is 22.9 Å². The summed E-state index contributed by atoms with van der Waals surface area (Å²) in [5.41, 5.74) is 5.09. The van der Waals surface area contributed by atoms with Crippen LogP contribution in [0.3, 0.4) is 0 Å². The average Bonchev–Trinajstić information content (AvgIpc) is 2.34. The molecule has 1 aromatic rings. The van der Waals surface area contributed by atoms with Crippen LogP contribution in [0.2, 0.25) is 0 Å². The Hall–Kier alpha value is -2.65. The van der Waals surface area contributed by atoms with Crippen LogP contribution in [0, 0.1) is 10.1 Å². The molecule has 0 bridgehead atoms. The van der Waals surface area contributed by atoms with E-state index in [4.69, 9.17) is 5.73 Å². The maximum atomic E-state index is 11.8. The Morgan fingerprint density at radius 3 is 2.26 bits per heavy atom. The third-order valence-electron chi connectivity index (χ3n) is 1.83. The zero-order valence-corrected chi connectivity index (χ0v) is 9.05. The molecule has 0 heterocycles. The summed E-state index contributed by atoms with van der Waals surface area (Å²) in [6.45, 7) is 0. The van der Waals surface area contributed by atoms with Gasteiger partial charge in [-0.25, -0.2) is 4.79 Å². The summed E-state index contributed by atoms with van der Waals surface area (Å²) in [7, 11) is 0. The highest BCUT2D eigenvalue weighted by Gasteiger charge is 2.41. The third kappa shape index (κ3) is 3.94. The molecule has 0 spiro atoms. The quantitative estimate of drug-likeness (QED) is 0.295. The zero-order chi connectivity index (χ0) is 14.6. The molecule has 0 amide bonds. The summed E-state index contributed by atoms with van der Waals surface area (Å²) in [6.07, 6.45) is -5.18. The lowest BCUT2D eigenvalue weighted by Gasteiger charge is -2.03. The summed E-state index contributed by atoms with van der Waals surface area (Å²) in [5, 5.41) is 13.1. The average molecular weight is 277 g/mol. The normalized spacial score (nSPS) is 12.1. The molecule has 0 unspecified atom stereocenters. The Morgan fingerprint density at radius 2 is 1.84 bits per heavy atom. The van der Waals surface area contributed by atoms with Crippen molar-refractivity contribution in [1.29, 1.82) is 0 Å². The van der Waals surface area contributed by atoms with Gasteiger partial charge in [0, 0.05) is 17.7 Å². The van der Waals surface area contributed by atoms with E-state index in [9.17, 15) is 28.1 Å². The van der Waals surface area contributed by atoms with Gasteiger partial charge < -0.3 is 10.6 Å². The number of non-ortho nitro benzene ring substituents is 1. The summed E-state index contributed by atoms with van der Waals surface area (Å²) in [6, 6.07) is 4.45. The Balaban J connectivity index is 2.80. The molecule has 19 heavy (non-hydrogen) atoms. The molecular weight excluding hydrogens is 271 g/mol. The largest absolute Gasteiger partial charge is 0.493 e.